The van der Waals surface area contributed by atoms with Gasteiger partial charge in [0, 0.05) is 68.9 Å². The number of pyridine rings is 1. The molecular weight excluding hydrogens is 508 g/mol. The predicted molar refractivity (Wildman–Crippen MR) is 147 cm³/mol. The summed E-state index contributed by atoms with van der Waals surface area (Å²) in [5, 5.41) is 0.727. The number of carbonyl (C=O) groups is 3. The Kier molecular flexibility index (Phi) is 7.29. The largest absolute Gasteiger partial charge is 0.459 e. The molecule has 0 bridgehead atoms. The molecule has 1 fully saturated rings. The summed E-state index contributed by atoms with van der Waals surface area (Å²) in [6.45, 7) is 3.34. The van der Waals surface area contributed by atoms with Gasteiger partial charge in [-0.05, 0) is 23.8 Å². The van der Waals surface area contributed by atoms with Crippen molar-refractivity contribution in [1.29, 1.82) is 0 Å². The number of aromatic nitrogens is 1. The van der Waals surface area contributed by atoms with Gasteiger partial charge in [0.25, 0.3) is 11.8 Å². The number of hydrogen-bond donors (Lipinski definition) is 0. The Labute approximate surface area is 231 Å². The summed E-state index contributed by atoms with van der Waals surface area (Å²) in [6.07, 6.45) is 2.19. The quantitative estimate of drug-likeness (QED) is 0.347. The van der Waals surface area contributed by atoms with E-state index in [4.69, 9.17) is 14.1 Å². The van der Waals surface area contributed by atoms with E-state index in [-0.39, 0.29) is 24.2 Å². The topological polar surface area (TPSA) is 96.2 Å². The van der Waals surface area contributed by atoms with Crippen LogP contribution in [0.4, 0.5) is 0 Å². The van der Waals surface area contributed by atoms with Gasteiger partial charge < -0.3 is 19.0 Å². The minimum absolute atomic E-state index is 0.195. The van der Waals surface area contributed by atoms with Crippen LogP contribution in [0, 0.1) is 0 Å². The van der Waals surface area contributed by atoms with E-state index in [1.807, 2.05) is 42.5 Å². The van der Waals surface area contributed by atoms with Crippen molar-refractivity contribution >= 4 is 28.7 Å². The van der Waals surface area contributed by atoms with Crippen LogP contribution in [0.15, 0.2) is 77.4 Å². The van der Waals surface area contributed by atoms with E-state index in [0.29, 0.717) is 38.3 Å². The standard InChI is InChI=1S/C31H30N4O5/c36-28(34-14-16-35(17-15-34)30(37)27-11-6-18-39-27)21-40-31(38)29-23-9-4-5-10-25(23)32-26-12-13-33(20-24(26)29)19-22-7-2-1-3-8-22/h1-11,18H,12-17,19-21H2. The molecule has 2 aromatic heterocycles. The molecule has 40 heavy (non-hydrogen) atoms. The average molecular weight is 539 g/mol. The summed E-state index contributed by atoms with van der Waals surface area (Å²) in [7, 11) is 0. The first-order valence-corrected chi connectivity index (χ1v) is 13.5. The number of carbonyl (C=O) groups excluding carboxylic acids is 3. The molecule has 1 saturated heterocycles. The second kappa shape index (κ2) is 11.3. The third kappa shape index (κ3) is 5.33. The molecule has 0 aliphatic carbocycles. The van der Waals surface area contributed by atoms with E-state index in [1.165, 1.54) is 11.8 Å². The highest BCUT2D eigenvalue weighted by molar-refractivity contribution is 6.05. The molecule has 6 rings (SSSR count). The van der Waals surface area contributed by atoms with Gasteiger partial charge in [-0.15, -0.1) is 0 Å². The van der Waals surface area contributed by atoms with Crippen LogP contribution in [-0.4, -0.2) is 76.8 Å². The molecule has 0 radical (unpaired) electrons. The summed E-state index contributed by atoms with van der Waals surface area (Å²) in [4.78, 5) is 49.5. The minimum atomic E-state index is -0.517. The lowest BCUT2D eigenvalue weighted by molar-refractivity contribution is -0.136. The average Bonchev–Trinajstić information content (AvgIpc) is 3.54. The Morgan fingerprint density at radius 2 is 1.60 bits per heavy atom. The lowest BCUT2D eigenvalue weighted by atomic mass is 9.95. The highest BCUT2D eigenvalue weighted by Gasteiger charge is 2.29. The van der Waals surface area contributed by atoms with Gasteiger partial charge in [0.15, 0.2) is 12.4 Å². The summed E-state index contributed by atoms with van der Waals surface area (Å²) >= 11 is 0. The van der Waals surface area contributed by atoms with Crippen molar-refractivity contribution in [3.8, 4) is 0 Å². The molecule has 0 unspecified atom stereocenters. The van der Waals surface area contributed by atoms with Gasteiger partial charge in [-0.2, -0.15) is 0 Å². The number of furan rings is 1. The molecule has 0 spiro atoms. The molecule has 0 saturated carbocycles. The van der Waals surface area contributed by atoms with Crippen LogP contribution in [-0.2, 0) is 29.0 Å². The minimum Gasteiger partial charge on any atom is -0.459 e. The highest BCUT2D eigenvalue weighted by Crippen LogP contribution is 2.29. The number of nitrogens with zero attached hydrogens (tertiary/aromatic N) is 4. The van der Waals surface area contributed by atoms with Crippen molar-refractivity contribution < 1.29 is 23.5 Å². The number of ether oxygens (including phenoxy) is 1. The van der Waals surface area contributed by atoms with Crippen LogP contribution in [0.25, 0.3) is 10.9 Å². The van der Waals surface area contributed by atoms with Crippen LogP contribution in [0.2, 0.25) is 0 Å². The van der Waals surface area contributed by atoms with Gasteiger partial charge in [0.2, 0.25) is 0 Å². The molecule has 204 valence electrons. The molecule has 4 heterocycles. The van der Waals surface area contributed by atoms with Crippen molar-refractivity contribution in [3.63, 3.8) is 0 Å². The number of benzene rings is 2. The summed E-state index contributed by atoms with van der Waals surface area (Å²) in [5.41, 5.74) is 4.20. The number of fused-ring (bicyclic) bond motifs is 2. The maximum atomic E-state index is 13.6. The van der Waals surface area contributed by atoms with Gasteiger partial charge in [-0.1, -0.05) is 48.5 Å². The number of esters is 1. The Hall–Kier alpha value is -4.50. The van der Waals surface area contributed by atoms with Crippen molar-refractivity contribution in [2.75, 3.05) is 39.3 Å². The fourth-order valence-corrected chi connectivity index (χ4v) is 5.46. The summed E-state index contributed by atoms with van der Waals surface area (Å²) in [6, 6.07) is 21.1. The third-order valence-electron chi connectivity index (χ3n) is 7.56. The smallest absolute Gasteiger partial charge is 0.339 e. The molecule has 2 amide bonds. The summed E-state index contributed by atoms with van der Waals surface area (Å²) < 4.78 is 10.8. The van der Waals surface area contributed by atoms with E-state index >= 15 is 0 Å². The zero-order chi connectivity index (χ0) is 27.5. The first kappa shape index (κ1) is 25.8. The first-order chi connectivity index (χ1) is 19.6. The second-order valence-corrected chi connectivity index (χ2v) is 10.1. The van der Waals surface area contributed by atoms with Gasteiger partial charge in [0.05, 0.1) is 17.3 Å². The highest BCUT2D eigenvalue weighted by atomic mass is 16.5. The van der Waals surface area contributed by atoms with Gasteiger partial charge >= 0.3 is 5.97 Å². The number of amides is 2. The summed E-state index contributed by atoms with van der Waals surface area (Å²) in [5.74, 6) is -0.712. The fourth-order valence-electron chi connectivity index (χ4n) is 5.46. The maximum absolute atomic E-state index is 13.6. The van der Waals surface area contributed by atoms with Crippen LogP contribution in [0.5, 0.6) is 0 Å². The Bertz CT molecular complexity index is 1530. The lowest BCUT2D eigenvalue weighted by Gasteiger charge is -2.34. The van der Waals surface area contributed by atoms with E-state index in [2.05, 4.69) is 17.0 Å². The zero-order valence-corrected chi connectivity index (χ0v) is 22.1. The lowest BCUT2D eigenvalue weighted by Crippen LogP contribution is -2.51. The van der Waals surface area contributed by atoms with Crippen LogP contribution >= 0.6 is 0 Å². The van der Waals surface area contributed by atoms with E-state index < -0.39 is 5.97 Å². The zero-order valence-electron chi connectivity index (χ0n) is 22.1. The molecule has 9 nitrogen and oxygen atoms in total. The van der Waals surface area contributed by atoms with Crippen LogP contribution in [0.3, 0.4) is 0 Å². The van der Waals surface area contributed by atoms with Crippen LogP contribution < -0.4 is 0 Å². The molecule has 0 atom stereocenters. The molecule has 4 aromatic rings. The Balaban J connectivity index is 1.14. The van der Waals surface area contributed by atoms with Crippen LogP contribution in [0.1, 0.15) is 37.7 Å². The molecule has 2 aliphatic rings. The van der Waals surface area contributed by atoms with E-state index in [0.717, 1.165) is 41.7 Å². The van der Waals surface area contributed by atoms with E-state index in [9.17, 15) is 14.4 Å². The monoisotopic (exact) mass is 538 g/mol. The molecule has 9 heteroatoms. The normalized spacial score (nSPS) is 15.6. The SMILES string of the molecule is O=C(OCC(=O)N1CCN(C(=O)c2ccco2)CC1)c1c2c(nc3ccccc13)CCN(Cc1ccccc1)C2. The van der Waals surface area contributed by atoms with Gasteiger partial charge in [-0.25, -0.2) is 4.79 Å². The van der Waals surface area contributed by atoms with Gasteiger partial charge in [0.1, 0.15) is 0 Å². The first-order valence-electron chi connectivity index (χ1n) is 13.5. The number of rotatable bonds is 6. The predicted octanol–water partition coefficient (Wildman–Crippen LogP) is 3.53. The number of hydrogen-bond acceptors (Lipinski definition) is 7. The molecule has 0 N–H and O–H groups in total. The maximum Gasteiger partial charge on any atom is 0.339 e. The fraction of sp³-hybridized carbons (Fsp3) is 0.290. The molecule has 2 aliphatic heterocycles. The third-order valence-corrected chi connectivity index (χ3v) is 7.56. The van der Waals surface area contributed by atoms with Gasteiger partial charge in [-0.3, -0.25) is 19.5 Å². The van der Waals surface area contributed by atoms with Crippen molar-refractivity contribution in [1.82, 2.24) is 19.7 Å². The van der Waals surface area contributed by atoms with E-state index in [1.54, 1.807) is 21.9 Å². The second-order valence-electron chi connectivity index (χ2n) is 10.1. The molecule has 2 aromatic carbocycles. The van der Waals surface area contributed by atoms with Crippen molar-refractivity contribution in [2.45, 2.75) is 19.5 Å². The number of piperazine rings is 1. The Morgan fingerprint density at radius 1 is 0.850 bits per heavy atom. The van der Waals surface area contributed by atoms with Crippen molar-refractivity contribution in [2.24, 2.45) is 0 Å². The molecular formula is C31H30N4O5. The Morgan fingerprint density at radius 3 is 2.38 bits per heavy atom. The number of para-hydroxylation sites is 1. The van der Waals surface area contributed by atoms with Crippen molar-refractivity contribution in [3.05, 3.63) is 101 Å².